The maximum atomic E-state index is 11.9. The van der Waals surface area contributed by atoms with Crippen molar-refractivity contribution < 1.29 is 4.79 Å². The van der Waals surface area contributed by atoms with E-state index in [9.17, 15) is 4.79 Å². The molecule has 0 spiro atoms. The van der Waals surface area contributed by atoms with Crippen molar-refractivity contribution >= 4 is 5.78 Å². The van der Waals surface area contributed by atoms with Crippen LogP contribution in [0.4, 0.5) is 0 Å². The summed E-state index contributed by atoms with van der Waals surface area (Å²) in [4.78, 5) is 11.9. The Kier molecular flexibility index (Phi) is 5.67. The van der Waals surface area contributed by atoms with Gasteiger partial charge in [-0.25, -0.2) is 0 Å². The summed E-state index contributed by atoms with van der Waals surface area (Å²) in [5.41, 5.74) is 2.53. The lowest BCUT2D eigenvalue weighted by Crippen LogP contribution is -2.08. The van der Waals surface area contributed by atoms with Gasteiger partial charge in [0.05, 0.1) is 0 Å². The molecule has 0 heterocycles. The van der Waals surface area contributed by atoms with E-state index in [2.05, 4.69) is 13.8 Å². The highest BCUT2D eigenvalue weighted by Gasteiger charge is 2.15. The van der Waals surface area contributed by atoms with Crippen LogP contribution in [-0.2, 0) is 4.79 Å². The second-order valence-corrected chi connectivity index (χ2v) is 4.70. The highest BCUT2D eigenvalue weighted by Crippen LogP contribution is 2.26. The molecule has 0 bridgehead atoms. The standard InChI is InChI=1S/C14H24O/c1-3-4-5-6-11-14(15)13-10-8-7-9-12(13)2/h3-11H2,1-2H3. The average Bonchev–Trinajstić information content (AvgIpc) is 2.25. The van der Waals surface area contributed by atoms with E-state index >= 15 is 0 Å². The Morgan fingerprint density at radius 2 is 1.87 bits per heavy atom. The molecule has 0 amide bonds. The second-order valence-electron chi connectivity index (χ2n) is 4.70. The van der Waals surface area contributed by atoms with E-state index in [4.69, 9.17) is 0 Å². The summed E-state index contributed by atoms with van der Waals surface area (Å²) in [7, 11) is 0. The molecule has 86 valence electrons. The van der Waals surface area contributed by atoms with Crippen molar-refractivity contribution in [2.45, 2.75) is 71.6 Å². The van der Waals surface area contributed by atoms with E-state index in [1.54, 1.807) is 0 Å². The van der Waals surface area contributed by atoms with Crippen LogP contribution in [-0.4, -0.2) is 5.78 Å². The van der Waals surface area contributed by atoms with Crippen molar-refractivity contribution in [3.05, 3.63) is 11.1 Å². The van der Waals surface area contributed by atoms with Gasteiger partial charge in [-0.05, 0) is 44.6 Å². The molecule has 1 aliphatic rings. The molecule has 0 atom stereocenters. The first-order chi connectivity index (χ1) is 7.25. The Morgan fingerprint density at radius 1 is 1.13 bits per heavy atom. The summed E-state index contributed by atoms with van der Waals surface area (Å²) in [5.74, 6) is 0.434. The van der Waals surface area contributed by atoms with Crippen LogP contribution in [0.25, 0.3) is 0 Å². The molecule has 0 saturated carbocycles. The van der Waals surface area contributed by atoms with E-state index in [-0.39, 0.29) is 0 Å². The third-order valence-corrected chi connectivity index (χ3v) is 3.34. The Morgan fingerprint density at radius 3 is 2.53 bits per heavy atom. The molecule has 1 aliphatic carbocycles. The quantitative estimate of drug-likeness (QED) is 0.591. The van der Waals surface area contributed by atoms with Gasteiger partial charge in [-0.1, -0.05) is 31.8 Å². The third-order valence-electron chi connectivity index (χ3n) is 3.34. The van der Waals surface area contributed by atoms with Crippen LogP contribution >= 0.6 is 0 Å². The number of allylic oxidation sites excluding steroid dienone is 2. The fraction of sp³-hybridized carbons (Fsp3) is 0.786. The molecule has 1 heteroatoms. The molecule has 0 aromatic heterocycles. The number of carbonyl (C=O) groups is 1. The highest BCUT2D eigenvalue weighted by molar-refractivity contribution is 5.96. The summed E-state index contributed by atoms with van der Waals surface area (Å²) in [6.45, 7) is 4.34. The summed E-state index contributed by atoms with van der Waals surface area (Å²) in [6, 6.07) is 0. The van der Waals surface area contributed by atoms with E-state index in [1.807, 2.05) is 0 Å². The molecule has 0 aliphatic heterocycles. The van der Waals surface area contributed by atoms with Gasteiger partial charge in [0.25, 0.3) is 0 Å². The molecule has 0 unspecified atom stereocenters. The van der Waals surface area contributed by atoms with Crippen LogP contribution in [0.15, 0.2) is 11.1 Å². The Labute approximate surface area is 93.9 Å². The van der Waals surface area contributed by atoms with Crippen LogP contribution in [0.5, 0.6) is 0 Å². The van der Waals surface area contributed by atoms with E-state index in [0.717, 1.165) is 31.3 Å². The highest BCUT2D eigenvalue weighted by atomic mass is 16.1. The monoisotopic (exact) mass is 208 g/mol. The SMILES string of the molecule is CCCCCCC(=O)C1=C(C)CCCC1. The van der Waals surface area contributed by atoms with Gasteiger partial charge in [0.2, 0.25) is 0 Å². The lowest BCUT2D eigenvalue weighted by Gasteiger charge is -2.16. The number of hydrogen-bond acceptors (Lipinski definition) is 1. The average molecular weight is 208 g/mol. The molecule has 15 heavy (non-hydrogen) atoms. The van der Waals surface area contributed by atoms with Crippen LogP contribution < -0.4 is 0 Å². The predicted octanol–water partition coefficient (Wildman–Crippen LogP) is 4.42. The van der Waals surface area contributed by atoms with Gasteiger partial charge in [-0.2, -0.15) is 0 Å². The first-order valence-electron chi connectivity index (χ1n) is 6.47. The van der Waals surface area contributed by atoms with Gasteiger partial charge in [0.15, 0.2) is 5.78 Å². The number of hydrogen-bond donors (Lipinski definition) is 0. The number of unbranched alkanes of at least 4 members (excludes halogenated alkanes) is 3. The van der Waals surface area contributed by atoms with Crippen LogP contribution in [0.3, 0.4) is 0 Å². The lowest BCUT2D eigenvalue weighted by atomic mass is 9.88. The number of ketones is 1. The molecule has 1 nitrogen and oxygen atoms in total. The molecule has 0 N–H and O–H groups in total. The molecule has 0 radical (unpaired) electrons. The van der Waals surface area contributed by atoms with Gasteiger partial charge in [0.1, 0.15) is 0 Å². The van der Waals surface area contributed by atoms with Crippen molar-refractivity contribution in [1.82, 2.24) is 0 Å². The fourth-order valence-electron chi connectivity index (χ4n) is 2.30. The zero-order chi connectivity index (χ0) is 11.1. The molecular weight excluding hydrogens is 184 g/mol. The molecule has 0 aromatic rings. The smallest absolute Gasteiger partial charge is 0.158 e. The molecule has 0 fully saturated rings. The topological polar surface area (TPSA) is 17.1 Å². The first kappa shape index (κ1) is 12.5. The second kappa shape index (κ2) is 6.81. The van der Waals surface area contributed by atoms with Crippen molar-refractivity contribution in [3.63, 3.8) is 0 Å². The van der Waals surface area contributed by atoms with E-state index in [0.29, 0.717) is 5.78 Å². The van der Waals surface area contributed by atoms with E-state index in [1.165, 1.54) is 37.7 Å². The van der Waals surface area contributed by atoms with Gasteiger partial charge in [0, 0.05) is 6.42 Å². The fourth-order valence-corrected chi connectivity index (χ4v) is 2.30. The zero-order valence-electron chi connectivity index (χ0n) is 10.3. The van der Waals surface area contributed by atoms with Crippen LogP contribution in [0.2, 0.25) is 0 Å². The molecule has 0 saturated heterocycles. The van der Waals surface area contributed by atoms with Gasteiger partial charge < -0.3 is 0 Å². The van der Waals surface area contributed by atoms with Gasteiger partial charge in [-0.15, -0.1) is 0 Å². The maximum absolute atomic E-state index is 11.9. The molecule has 1 rings (SSSR count). The van der Waals surface area contributed by atoms with Crippen molar-refractivity contribution in [2.24, 2.45) is 0 Å². The Bertz CT molecular complexity index is 238. The number of rotatable bonds is 6. The minimum absolute atomic E-state index is 0.434. The van der Waals surface area contributed by atoms with Crippen molar-refractivity contribution in [3.8, 4) is 0 Å². The minimum atomic E-state index is 0.434. The Balaban J connectivity index is 2.32. The maximum Gasteiger partial charge on any atom is 0.158 e. The Hall–Kier alpha value is -0.590. The van der Waals surface area contributed by atoms with Gasteiger partial charge >= 0.3 is 0 Å². The van der Waals surface area contributed by atoms with E-state index < -0.39 is 0 Å². The summed E-state index contributed by atoms with van der Waals surface area (Å²) < 4.78 is 0. The number of Topliss-reactive ketones (excluding diaryl/α,β-unsaturated/α-hetero) is 1. The van der Waals surface area contributed by atoms with Crippen LogP contribution in [0.1, 0.15) is 71.6 Å². The van der Waals surface area contributed by atoms with Crippen molar-refractivity contribution in [2.75, 3.05) is 0 Å². The largest absolute Gasteiger partial charge is 0.295 e. The summed E-state index contributed by atoms with van der Waals surface area (Å²) in [6.07, 6.45) is 10.3. The van der Waals surface area contributed by atoms with Gasteiger partial charge in [-0.3, -0.25) is 4.79 Å². The van der Waals surface area contributed by atoms with Crippen molar-refractivity contribution in [1.29, 1.82) is 0 Å². The normalized spacial score (nSPS) is 16.9. The minimum Gasteiger partial charge on any atom is -0.295 e. The third kappa shape index (κ3) is 4.19. The zero-order valence-corrected chi connectivity index (χ0v) is 10.3. The molecule has 0 aromatic carbocycles. The predicted molar refractivity (Wildman–Crippen MR) is 64.9 cm³/mol. The number of carbonyl (C=O) groups excluding carboxylic acids is 1. The molecular formula is C14H24O. The summed E-state index contributed by atoms with van der Waals surface area (Å²) >= 11 is 0. The summed E-state index contributed by atoms with van der Waals surface area (Å²) in [5, 5.41) is 0. The van der Waals surface area contributed by atoms with Crippen LogP contribution in [0, 0.1) is 0 Å². The lowest BCUT2D eigenvalue weighted by molar-refractivity contribution is -0.116. The first-order valence-corrected chi connectivity index (χ1v) is 6.47.